The van der Waals surface area contributed by atoms with E-state index >= 15 is 0 Å². The second-order valence-corrected chi connectivity index (χ2v) is 4.07. The molecular formula is C11H7NO5S. The van der Waals surface area contributed by atoms with Gasteiger partial charge in [0.2, 0.25) is 0 Å². The van der Waals surface area contributed by atoms with Crippen molar-refractivity contribution in [3.8, 4) is 11.5 Å². The molecule has 0 unspecified atom stereocenters. The van der Waals surface area contributed by atoms with Gasteiger partial charge in [-0.15, -0.1) is 0 Å². The van der Waals surface area contributed by atoms with Gasteiger partial charge in [0.05, 0.1) is 0 Å². The number of ether oxygens (including phenoxy) is 1. The molecule has 2 rings (SSSR count). The van der Waals surface area contributed by atoms with Crippen molar-refractivity contribution in [1.29, 1.82) is 0 Å². The zero-order valence-corrected chi connectivity index (χ0v) is 9.68. The van der Waals surface area contributed by atoms with E-state index in [1.807, 2.05) is 0 Å². The maximum Gasteiger partial charge on any atom is 0.355 e. The van der Waals surface area contributed by atoms with E-state index in [0.29, 0.717) is 0 Å². The zero-order valence-electron chi connectivity index (χ0n) is 8.86. The number of carboxylic acids is 1. The third kappa shape index (κ3) is 2.64. The van der Waals surface area contributed by atoms with Crippen LogP contribution in [0, 0.1) is 0 Å². The summed E-state index contributed by atoms with van der Waals surface area (Å²) in [6.45, 7) is 0. The van der Waals surface area contributed by atoms with Crippen molar-refractivity contribution in [3.63, 3.8) is 0 Å². The van der Waals surface area contributed by atoms with Gasteiger partial charge in [-0.2, -0.15) is 4.37 Å². The molecule has 1 heterocycles. The average Bonchev–Trinajstić information content (AvgIpc) is 2.78. The Kier molecular flexibility index (Phi) is 3.24. The highest BCUT2D eigenvalue weighted by molar-refractivity contribution is 7.08. The van der Waals surface area contributed by atoms with Gasteiger partial charge in [-0.05, 0) is 29.7 Å². The van der Waals surface area contributed by atoms with Gasteiger partial charge in [-0.3, -0.25) is 0 Å². The first-order chi connectivity index (χ1) is 8.56. The molecule has 2 aromatic rings. The lowest BCUT2D eigenvalue weighted by atomic mass is 10.3. The van der Waals surface area contributed by atoms with Crippen LogP contribution in [0.5, 0.6) is 11.5 Å². The summed E-state index contributed by atoms with van der Waals surface area (Å²) in [7, 11) is 0. The fourth-order valence-corrected chi connectivity index (χ4v) is 1.78. The number of phenols is 1. The van der Waals surface area contributed by atoms with Crippen molar-refractivity contribution >= 4 is 23.5 Å². The fraction of sp³-hybridized carbons (Fsp3) is 0. The lowest BCUT2D eigenvalue weighted by Crippen LogP contribution is -2.06. The first-order valence-electron chi connectivity index (χ1n) is 4.77. The number of carbonyl (C=O) groups excluding carboxylic acids is 1. The molecule has 2 N–H and O–H groups in total. The predicted octanol–water partition coefficient (Wildman–Crippen LogP) is 1.77. The number of esters is 1. The first-order valence-corrected chi connectivity index (χ1v) is 5.55. The van der Waals surface area contributed by atoms with Crippen LogP contribution in [-0.2, 0) is 0 Å². The fourth-order valence-electron chi connectivity index (χ4n) is 1.18. The molecular weight excluding hydrogens is 258 g/mol. The molecule has 1 aromatic carbocycles. The van der Waals surface area contributed by atoms with Crippen molar-refractivity contribution in [1.82, 2.24) is 4.37 Å². The maximum absolute atomic E-state index is 11.6. The molecule has 92 valence electrons. The van der Waals surface area contributed by atoms with E-state index in [-0.39, 0.29) is 22.1 Å². The summed E-state index contributed by atoms with van der Waals surface area (Å²) in [5.74, 6) is -1.78. The van der Waals surface area contributed by atoms with E-state index < -0.39 is 11.9 Å². The van der Waals surface area contributed by atoms with Crippen LogP contribution in [0.15, 0.2) is 30.3 Å². The van der Waals surface area contributed by atoms with Crippen molar-refractivity contribution in [2.24, 2.45) is 0 Å². The lowest BCUT2D eigenvalue weighted by molar-refractivity contribution is 0.0691. The molecule has 0 bridgehead atoms. The largest absolute Gasteiger partial charge is 0.508 e. The number of hydrogen-bond donors (Lipinski definition) is 2. The number of carboxylic acid groups (broad SMARTS) is 1. The minimum absolute atomic E-state index is 0.0316. The summed E-state index contributed by atoms with van der Waals surface area (Å²) in [6.07, 6.45) is 0. The number of hydrogen-bond acceptors (Lipinski definition) is 6. The van der Waals surface area contributed by atoms with Crippen LogP contribution in [0.4, 0.5) is 0 Å². The highest BCUT2D eigenvalue weighted by atomic mass is 32.1. The minimum Gasteiger partial charge on any atom is -0.508 e. The van der Waals surface area contributed by atoms with Crippen LogP contribution in [0.25, 0.3) is 0 Å². The third-order valence-corrected chi connectivity index (χ3v) is 2.73. The molecule has 0 atom stereocenters. The van der Waals surface area contributed by atoms with E-state index in [2.05, 4.69) is 4.37 Å². The monoisotopic (exact) mass is 265 g/mol. The van der Waals surface area contributed by atoms with Crippen molar-refractivity contribution in [2.45, 2.75) is 0 Å². The summed E-state index contributed by atoms with van der Waals surface area (Å²) in [6, 6.07) is 6.87. The smallest absolute Gasteiger partial charge is 0.355 e. The van der Waals surface area contributed by atoms with Crippen molar-refractivity contribution in [3.05, 3.63) is 40.9 Å². The molecule has 0 fully saturated rings. The molecule has 6 nitrogen and oxygen atoms in total. The summed E-state index contributed by atoms with van der Waals surface area (Å²) >= 11 is 0.742. The average molecular weight is 265 g/mol. The Morgan fingerprint density at radius 2 is 2.06 bits per heavy atom. The van der Waals surface area contributed by atoms with Gasteiger partial charge in [0.15, 0.2) is 5.69 Å². The molecule has 0 saturated heterocycles. The quantitative estimate of drug-likeness (QED) is 0.648. The van der Waals surface area contributed by atoms with Crippen molar-refractivity contribution < 1.29 is 24.5 Å². The third-order valence-electron chi connectivity index (χ3n) is 1.96. The molecule has 0 radical (unpaired) electrons. The Morgan fingerprint density at radius 3 is 2.67 bits per heavy atom. The van der Waals surface area contributed by atoms with Crippen LogP contribution < -0.4 is 4.74 Å². The molecule has 7 heteroatoms. The van der Waals surface area contributed by atoms with Crippen LogP contribution in [-0.4, -0.2) is 26.5 Å². The van der Waals surface area contributed by atoms with Gasteiger partial charge in [0, 0.05) is 6.07 Å². The number of carbonyl (C=O) groups is 2. The SMILES string of the molecule is O=C(O)c1cc(C(=O)Oc2cccc(O)c2)sn1. The number of rotatable bonds is 3. The number of aromatic nitrogens is 1. The maximum atomic E-state index is 11.6. The van der Waals surface area contributed by atoms with Crippen LogP contribution in [0.3, 0.4) is 0 Å². The molecule has 0 aliphatic carbocycles. The number of phenolic OH excluding ortho intramolecular Hbond substituents is 1. The van der Waals surface area contributed by atoms with Crippen LogP contribution >= 0.6 is 11.5 Å². The summed E-state index contributed by atoms with van der Waals surface area (Å²) in [5, 5.41) is 17.9. The van der Waals surface area contributed by atoms with E-state index in [1.165, 1.54) is 24.3 Å². The number of nitrogens with zero attached hydrogens (tertiary/aromatic N) is 1. The van der Waals surface area contributed by atoms with Crippen molar-refractivity contribution in [2.75, 3.05) is 0 Å². The molecule has 0 aliphatic heterocycles. The molecule has 0 amide bonds. The molecule has 0 aliphatic rings. The highest BCUT2D eigenvalue weighted by Crippen LogP contribution is 2.20. The minimum atomic E-state index is -1.21. The Labute approximate surface area is 105 Å². The Hall–Kier alpha value is -2.41. The van der Waals surface area contributed by atoms with Gasteiger partial charge in [0.25, 0.3) is 0 Å². The predicted molar refractivity (Wildman–Crippen MR) is 62.1 cm³/mol. The Balaban J connectivity index is 2.14. The molecule has 0 saturated carbocycles. The van der Waals surface area contributed by atoms with E-state index in [0.717, 1.165) is 17.6 Å². The van der Waals surface area contributed by atoms with Crippen LogP contribution in [0.1, 0.15) is 20.2 Å². The van der Waals surface area contributed by atoms with Gasteiger partial charge >= 0.3 is 11.9 Å². The first kappa shape index (κ1) is 12.1. The lowest BCUT2D eigenvalue weighted by Gasteiger charge is -2.01. The van der Waals surface area contributed by atoms with Gasteiger partial charge < -0.3 is 14.9 Å². The number of benzene rings is 1. The van der Waals surface area contributed by atoms with E-state index in [4.69, 9.17) is 9.84 Å². The highest BCUT2D eigenvalue weighted by Gasteiger charge is 2.16. The zero-order chi connectivity index (χ0) is 13.1. The summed E-state index contributed by atoms with van der Waals surface area (Å²) in [4.78, 5) is 22.3. The van der Waals surface area contributed by atoms with Gasteiger partial charge in [0.1, 0.15) is 16.4 Å². The second kappa shape index (κ2) is 4.84. The van der Waals surface area contributed by atoms with Gasteiger partial charge in [-0.1, -0.05) is 6.07 Å². The second-order valence-electron chi connectivity index (χ2n) is 3.27. The molecule has 0 spiro atoms. The Bertz CT molecular complexity index is 607. The van der Waals surface area contributed by atoms with Crippen LogP contribution in [0.2, 0.25) is 0 Å². The number of aromatic hydroxyl groups is 1. The number of aromatic carboxylic acids is 1. The topological polar surface area (TPSA) is 96.7 Å². The summed E-state index contributed by atoms with van der Waals surface area (Å²) in [5.41, 5.74) is -0.206. The standard InChI is InChI=1S/C11H7NO5S/c13-6-2-1-3-7(4-6)17-11(16)9-5-8(10(14)15)12-18-9/h1-5,13H,(H,14,15). The summed E-state index contributed by atoms with van der Waals surface area (Å²) < 4.78 is 8.54. The normalized spacial score (nSPS) is 10.0. The van der Waals surface area contributed by atoms with E-state index in [1.54, 1.807) is 0 Å². The van der Waals surface area contributed by atoms with E-state index in [9.17, 15) is 14.7 Å². The Morgan fingerprint density at radius 1 is 1.28 bits per heavy atom. The molecule has 1 aromatic heterocycles. The van der Waals surface area contributed by atoms with Gasteiger partial charge in [-0.25, -0.2) is 9.59 Å². The molecule has 18 heavy (non-hydrogen) atoms.